The number of carbonyl (C=O) groups is 1. The topological polar surface area (TPSA) is 78.1 Å². The number of methoxy groups -OCH3 is 1. The van der Waals surface area contributed by atoms with Crippen LogP contribution in [0.2, 0.25) is 0 Å². The highest BCUT2D eigenvalue weighted by Gasteiger charge is 2.13. The Morgan fingerprint density at radius 2 is 2.11 bits per heavy atom. The van der Waals surface area contributed by atoms with Gasteiger partial charge in [0.05, 0.1) is 12.7 Å². The molecule has 2 rings (SSSR count). The Balaban J connectivity index is 2.25. The van der Waals surface area contributed by atoms with Crippen LogP contribution in [0.15, 0.2) is 22.7 Å². The van der Waals surface area contributed by atoms with E-state index >= 15 is 0 Å². The number of esters is 1. The van der Waals surface area contributed by atoms with Gasteiger partial charge >= 0.3 is 5.97 Å². The van der Waals surface area contributed by atoms with Gasteiger partial charge in [0.25, 0.3) is 5.89 Å². The van der Waals surface area contributed by atoms with E-state index in [2.05, 4.69) is 19.9 Å². The van der Waals surface area contributed by atoms with E-state index in [9.17, 15) is 4.79 Å². The molecule has 0 radical (unpaired) electrons. The number of carbonyl (C=O) groups excluding carboxylic acids is 1. The average Bonchev–Trinajstić information content (AvgIpc) is 2.88. The molecule has 0 aliphatic carbocycles. The molecule has 0 fully saturated rings. The van der Waals surface area contributed by atoms with E-state index in [1.165, 1.54) is 13.3 Å². The van der Waals surface area contributed by atoms with E-state index in [0.717, 1.165) is 0 Å². The zero-order chi connectivity index (χ0) is 13.1. The molecule has 2 heterocycles. The number of ether oxygens (including phenoxy) is 1. The van der Waals surface area contributed by atoms with Crippen LogP contribution in [0.25, 0.3) is 11.6 Å². The maximum absolute atomic E-state index is 11.2. The zero-order valence-corrected chi connectivity index (χ0v) is 10.4. The summed E-state index contributed by atoms with van der Waals surface area (Å²) in [5.74, 6) is 0.641. The standard InChI is InChI=1S/C12H13N3O3/c1-7(2)10-14-15-11(18-10)9-5-4-8(6-13-9)12(16)17-3/h4-7H,1-3H3. The number of nitrogens with zero attached hydrogens (tertiary/aromatic N) is 3. The fourth-order valence-electron chi connectivity index (χ4n) is 1.33. The van der Waals surface area contributed by atoms with Crippen molar-refractivity contribution in [2.45, 2.75) is 19.8 Å². The summed E-state index contributed by atoms with van der Waals surface area (Å²) in [6.07, 6.45) is 1.42. The third-order valence-corrected chi connectivity index (χ3v) is 2.34. The van der Waals surface area contributed by atoms with Crippen LogP contribution in [0.3, 0.4) is 0 Å². The molecular weight excluding hydrogens is 234 g/mol. The van der Waals surface area contributed by atoms with Crippen LogP contribution in [-0.2, 0) is 4.74 Å². The normalized spacial score (nSPS) is 10.7. The smallest absolute Gasteiger partial charge is 0.339 e. The van der Waals surface area contributed by atoms with E-state index < -0.39 is 5.97 Å². The monoisotopic (exact) mass is 247 g/mol. The number of pyridine rings is 1. The van der Waals surface area contributed by atoms with Crippen molar-refractivity contribution in [3.8, 4) is 11.6 Å². The Morgan fingerprint density at radius 3 is 2.61 bits per heavy atom. The van der Waals surface area contributed by atoms with E-state index in [-0.39, 0.29) is 5.92 Å². The quantitative estimate of drug-likeness (QED) is 0.772. The molecule has 0 amide bonds. The maximum Gasteiger partial charge on any atom is 0.339 e. The summed E-state index contributed by atoms with van der Waals surface area (Å²) in [6, 6.07) is 3.25. The molecule has 0 atom stereocenters. The first-order chi connectivity index (χ1) is 8.61. The van der Waals surface area contributed by atoms with Gasteiger partial charge in [-0.05, 0) is 12.1 Å². The minimum Gasteiger partial charge on any atom is -0.465 e. The van der Waals surface area contributed by atoms with Crippen LogP contribution < -0.4 is 0 Å². The van der Waals surface area contributed by atoms with Crippen molar-refractivity contribution >= 4 is 5.97 Å². The van der Waals surface area contributed by atoms with Crippen molar-refractivity contribution in [3.63, 3.8) is 0 Å². The lowest BCUT2D eigenvalue weighted by atomic mass is 10.2. The Hall–Kier alpha value is -2.24. The first kappa shape index (κ1) is 12.2. The molecule has 0 saturated heterocycles. The van der Waals surface area contributed by atoms with Crippen LogP contribution in [0.1, 0.15) is 36.0 Å². The highest BCUT2D eigenvalue weighted by molar-refractivity contribution is 5.89. The van der Waals surface area contributed by atoms with Crippen molar-refractivity contribution in [1.29, 1.82) is 0 Å². The lowest BCUT2D eigenvalue weighted by molar-refractivity contribution is 0.0600. The second-order valence-corrected chi connectivity index (χ2v) is 4.02. The minimum absolute atomic E-state index is 0.167. The summed E-state index contributed by atoms with van der Waals surface area (Å²) in [6.45, 7) is 3.93. The van der Waals surface area contributed by atoms with Gasteiger partial charge in [-0.3, -0.25) is 4.98 Å². The number of aromatic nitrogens is 3. The van der Waals surface area contributed by atoms with Crippen LogP contribution >= 0.6 is 0 Å². The van der Waals surface area contributed by atoms with Gasteiger partial charge in [0.2, 0.25) is 5.89 Å². The van der Waals surface area contributed by atoms with Crippen molar-refractivity contribution in [2.75, 3.05) is 7.11 Å². The molecule has 0 bridgehead atoms. The van der Waals surface area contributed by atoms with Gasteiger partial charge in [0.1, 0.15) is 5.69 Å². The minimum atomic E-state index is -0.428. The third-order valence-electron chi connectivity index (χ3n) is 2.34. The van der Waals surface area contributed by atoms with Crippen molar-refractivity contribution < 1.29 is 13.9 Å². The Kier molecular flexibility index (Phi) is 3.36. The van der Waals surface area contributed by atoms with Crippen molar-refractivity contribution in [2.24, 2.45) is 0 Å². The molecule has 0 N–H and O–H groups in total. The van der Waals surface area contributed by atoms with Crippen LogP contribution in [0, 0.1) is 0 Å². The summed E-state index contributed by atoms with van der Waals surface area (Å²) in [7, 11) is 1.32. The van der Waals surface area contributed by atoms with Crippen molar-refractivity contribution in [1.82, 2.24) is 15.2 Å². The van der Waals surface area contributed by atoms with Crippen LogP contribution in [0.5, 0.6) is 0 Å². The molecule has 6 nitrogen and oxygen atoms in total. The number of hydrogen-bond donors (Lipinski definition) is 0. The molecule has 2 aromatic rings. The van der Waals surface area contributed by atoms with Gasteiger partial charge in [0, 0.05) is 12.1 Å². The molecule has 0 unspecified atom stereocenters. The summed E-state index contributed by atoms with van der Waals surface area (Å²) >= 11 is 0. The first-order valence-corrected chi connectivity index (χ1v) is 5.50. The Bertz CT molecular complexity index is 546. The second-order valence-electron chi connectivity index (χ2n) is 4.02. The first-order valence-electron chi connectivity index (χ1n) is 5.50. The van der Waals surface area contributed by atoms with Gasteiger partial charge in [-0.15, -0.1) is 10.2 Å². The van der Waals surface area contributed by atoms with Crippen LogP contribution in [-0.4, -0.2) is 28.3 Å². The van der Waals surface area contributed by atoms with Gasteiger partial charge in [-0.2, -0.15) is 0 Å². The van der Waals surface area contributed by atoms with Gasteiger partial charge in [-0.1, -0.05) is 13.8 Å². The summed E-state index contributed by atoms with van der Waals surface area (Å²) in [5.41, 5.74) is 0.909. The maximum atomic E-state index is 11.2. The summed E-state index contributed by atoms with van der Waals surface area (Å²) < 4.78 is 10.0. The largest absolute Gasteiger partial charge is 0.465 e. The third kappa shape index (κ3) is 2.37. The van der Waals surface area contributed by atoms with Crippen LogP contribution in [0.4, 0.5) is 0 Å². The molecule has 6 heteroatoms. The number of hydrogen-bond acceptors (Lipinski definition) is 6. The average molecular weight is 247 g/mol. The SMILES string of the molecule is COC(=O)c1ccc(-c2nnc(C(C)C)o2)nc1. The molecule has 18 heavy (non-hydrogen) atoms. The Labute approximate surface area is 104 Å². The fourth-order valence-corrected chi connectivity index (χ4v) is 1.33. The predicted molar refractivity (Wildman–Crippen MR) is 63.0 cm³/mol. The summed E-state index contributed by atoms with van der Waals surface area (Å²) in [4.78, 5) is 15.3. The highest BCUT2D eigenvalue weighted by atomic mass is 16.5. The molecule has 0 aliphatic rings. The number of rotatable bonds is 3. The molecule has 0 spiro atoms. The summed E-state index contributed by atoms with van der Waals surface area (Å²) in [5, 5.41) is 7.82. The molecular formula is C12H13N3O3. The van der Waals surface area contributed by atoms with E-state index in [1.807, 2.05) is 13.8 Å². The van der Waals surface area contributed by atoms with Gasteiger partial charge in [0.15, 0.2) is 0 Å². The second kappa shape index (κ2) is 4.95. The zero-order valence-electron chi connectivity index (χ0n) is 10.4. The van der Waals surface area contributed by atoms with Gasteiger partial charge in [-0.25, -0.2) is 4.79 Å². The van der Waals surface area contributed by atoms with Gasteiger partial charge < -0.3 is 9.15 Å². The van der Waals surface area contributed by atoms with E-state index in [4.69, 9.17) is 4.42 Å². The molecule has 0 aromatic carbocycles. The Morgan fingerprint density at radius 1 is 1.33 bits per heavy atom. The highest BCUT2D eigenvalue weighted by Crippen LogP contribution is 2.19. The predicted octanol–water partition coefficient (Wildman–Crippen LogP) is 2.04. The van der Waals surface area contributed by atoms with E-state index in [0.29, 0.717) is 23.0 Å². The molecule has 2 aromatic heterocycles. The molecule has 94 valence electrons. The molecule has 0 aliphatic heterocycles. The fraction of sp³-hybridized carbons (Fsp3) is 0.333. The lowest BCUT2D eigenvalue weighted by Crippen LogP contribution is -2.01. The lowest BCUT2D eigenvalue weighted by Gasteiger charge is -1.99. The molecule has 0 saturated carbocycles. The van der Waals surface area contributed by atoms with Crippen molar-refractivity contribution in [3.05, 3.63) is 29.8 Å². The van der Waals surface area contributed by atoms with E-state index in [1.54, 1.807) is 12.1 Å².